The molecule has 0 bridgehead atoms. The van der Waals surface area contributed by atoms with Crippen molar-refractivity contribution in [1.29, 1.82) is 0 Å². The van der Waals surface area contributed by atoms with E-state index in [1.807, 2.05) is 0 Å². The highest BCUT2D eigenvalue weighted by molar-refractivity contribution is 9.10. The fourth-order valence-electron chi connectivity index (χ4n) is 1.54. The molecule has 2 aromatic heterocycles. The van der Waals surface area contributed by atoms with E-state index >= 15 is 0 Å². The maximum Gasteiger partial charge on any atom is 0.148 e. The summed E-state index contributed by atoms with van der Waals surface area (Å²) in [7, 11) is 0. The first kappa shape index (κ1) is 13.0. The fourth-order valence-corrected chi connectivity index (χ4v) is 2.98. The first-order chi connectivity index (χ1) is 8.13. The Morgan fingerprint density at radius 2 is 2.35 bits per heavy atom. The maximum atomic E-state index is 10.3. The SMILES string of the molecule is CCCn1ncc(Br)c1C(O)c1ncc(Cl)s1. The zero-order chi connectivity index (χ0) is 12.4. The van der Waals surface area contributed by atoms with Crippen LogP contribution in [0.4, 0.5) is 0 Å². The first-order valence-corrected chi connectivity index (χ1v) is 7.12. The lowest BCUT2D eigenvalue weighted by atomic mass is 10.2. The van der Waals surface area contributed by atoms with E-state index in [9.17, 15) is 5.11 Å². The van der Waals surface area contributed by atoms with Gasteiger partial charge < -0.3 is 5.11 Å². The highest BCUT2D eigenvalue weighted by atomic mass is 79.9. The van der Waals surface area contributed by atoms with Gasteiger partial charge >= 0.3 is 0 Å². The van der Waals surface area contributed by atoms with Gasteiger partial charge in [-0.2, -0.15) is 5.10 Å². The van der Waals surface area contributed by atoms with E-state index in [0.29, 0.717) is 9.34 Å². The number of aliphatic hydroxyl groups excluding tert-OH is 1. The van der Waals surface area contributed by atoms with Crippen molar-refractivity contribution in [3.8, 4) is 0 Å². The average Bonchev–Trinajstić information content (AvgIpc) is 2.86. The number of aromatic nitrogens is 3. The van der Waals surface area contributed by atoms with Gasteiger partial charge in [0.15, 0.2) is 0 Å². The molecule has 0 aliphatic carbocycles. The van der Waals surface area contributed by atoms with Crippen molar-refractivity contribution in [2.45, 2.75) is 26.0 Å². The lowest BCUT2D eigenvalue weighted by Crippen LogP contribution is -2.10. The Bertz CT molecular complexity index is 513. The zero-order valence-corrected chi connectivity index (χ0v) is 12.3. The van der Waals surface area contributed by atoms with Crippen molar-refractivity contribution in [2.24, 2.45) is 0 Å². The van der Waals surface area contributed by atoms with Crippen molar-refractivity contribution >= 4 is 38.9 Å². The molecule has 0 aliphatic rings. The van der Waals surface area contributed by atoms with Crippen LogP contribution in [0.25, 0.3) is 0 Å². The van der Waals surface area contributed by atoms with Crippen molar-refractivity contribution in [3.05, 3.63) is 31.9 Å². The predicted octanol–water partition coefficient (Wildman–Crippen LogP) is 3.25. The highest BCUT2D eigenvalue weighted by Crippen LogP contribution is 2.32. The number of nitrogens with zero attached hydrogens (tertiary/aromatic N) is 3. The molecule has 1 N–H and O–H groups in total. The number of hydrogen-bond donors (Lipinski definition) is 1. The molecule has 0 saturated heterocycles. The Morgan fingerprint density at radius 1 is 1.59 bits per heavy atom. The molecule has 2 aromatic rings. The molecule has 0 amide bonds. The van der Waals surface area contributed by atoms with E-state index in [1.165, 1.54) is 11.3 Å². The molecule has 0 aromatic carbocycles. The molecule has 0 fully saturated rings. The summed E-state index contributed by atoms with van der Waals surface area (Å²) in [5, 5.41) is 15.1. The fraction of sp³-hybridized carbons (Fsp3) is 0.400. The van der Waals surface area contributed by atoms with Crippen LogP contribution < -0.4 is 0 Å². The van der Waals surface area contributed by atoms with Crippen LogP contribution in [0.5, 0.6) is 0 Å². The summed E-state index contributed by atoms with van der Waals surface area (Å²) < 4.78 is 3.13. The molecule has 1 unspecified atom stereocenters. The molecule has 0 aliphatic heterocycles. The summed E-state index contributed by atoms with van der Waals surface area (Å²) in [5.41, 5.74) is 0.720. The molecular formula is C10H11BrClN3OS. The number of aliphatic hydroxyl groups is 1. The van der Waals surface area contributed by atoms with Gasteiger partial charge in [0.05, 0.1) is 22.6 Å². The highest BCUT2D eigenvalue weighted by Gasteiger charge is 2.22. The minimum atomic E-state index is -0.795. The standard InChI is InChI=1S/C10H11BrClN3OS/c1-2-3-15-8(6(11)4-14-15)9(16)10-13-5-7(12)17-10/h4-5,9,16H,2-3H2,1H3. The van der Waals surface area contributed by atoms with E-state index in [1.54, 1.807) is 17.1 Å². The molecule has 92 valence electrons. The normalized spacial score (nSPS) is 12.9. The first-order valence-electron chi connectivity index (χ1n) is 5.14. The minimum Gasteiger partial charge on any atom is -0.379 e. The summed E-state index contributed by atoms with van der Waals surface area (Å²) in [4.78, 5) is 4.09. The Kier molecular flexibility index (Phi) is 4.19. The van der Waals surface area contributed by atoms with E-state index in [4.69, 9.17) is 11.6 Å². The second-order valence-electron chi connectivity index (χ2n) is 3.51. The average molecular weight is 337 g/mol. The van der Waals surface area contributed by atoms with Crippen LogP contribution >= 0.6 is 38.9 Å². The van der Waals surface area contributed by atoms with E-state index in [2.05, 4.69) is 32.9 Å². The van der Waals surface area contributed by atoms with Crippen LogP contribution in [0.2, 0.25) is 4.34 Å². The van der Waals surface area contributed by atoms with Crippen molar-refractivity contribution < 1.29 is 5.11 Å². The summed E-state index contributed by atoms with van der Waals surface area (Å²) in [6.45, 7) is 2.82. The van der Waals surface area contributed by atoms with Gasteiger partial charge in [0, 0.05) is 6.54 Å². The lowest BCUT2D eigenvalue weighted by molar-refractivity contribution is 0.206. The Labute approximate surface area is 116 Å². The third-order valence-electron chi connectivity index (χ3n) is 2.26. The quantitative estimate of drug-likeness (QED) is 0.932. The summed E-state index contributed by atoms with van der Waals surface area (Å²) in [6, 6.07) is 0. The number of hydrogen-bond acceptors (Lipinski definition) is 4. The largest absolute Gasteiger partial charge is 0.379 e. The lowest BCUT2D eigenvalue weighted by Gasteiger charge is -2.11. The van der Waals surface area contributed by atoms with Crippen LogP contribution in [0.3, 0.4) is 0 Å². The van der Waals surface area contributed by atoms with Crippen LogP contribution in [-0.4, -0.2) is 19.9 Å². The molecule has 2 rings (SSSR count). The minimum absolute atomic E-state index is 0.566. The van der Waals surface area contributed by atoms with Crippen LogP contribution in [0.1, 0.15) is 30.2 Å². The number of rotatable bonds is 4. The van der Waals surface area contributed by atoms with Gasteiger partial charge in [-0.3, -0.25) is 4.68 Å². The van der Waals surface area contributed by atoms with Gasteiger partial charge in [0.2, 0.25) is 0 Å². The van der Waals surface area contributed by atoms with Crippen molar-refractivity contribution in [2.75, 3.05) is 0 Å². The molecule has 0 radical (unpaired) electrons. The van der Waals surface area contributed by atoms with E-state index in [-0.39, 0.29) is 0 Å². The molecule has 17 heavy (non-hydrogen) atoms. The van der Waals surface area contributed by atoms with Gasteiger partial charge in [-0.15, -0.1) is 11.3 Å². The third-order valence-corrected chi connectivity index (χ3v) is 4.04. The summed E-state index contributed by atoms with van der Waals surface area (Å²) in [5.74, 6) is 0. The van der Waals surface area contributed by atoms with Gasteiger partial charge in [-0.1, -0.05) is 18.5 Å². The summed E-state index contributed by atoms with van der Waals surface area (Å²) >= 11 is 10.5. The van der Waals surface area contributed by atoms with E-state index in [0.717, 1.165) is 23.1 Å². The third kappa shape index (κ3) is 2.70. The topological polar surface area (TPSA) is 50.9 Å². The zero-order valence-electron chi connectivity index (χ0n) is 9.10. The molecule has 1 atom stereocenters. The van der Waals surface area contributed by atoms with E-state index < -0.39 is 6.10 Å². The molecule has 0 saturated carbocycles. The molecule has 7 heteroatoms. The Morgan fingerprint density at radius 3 is 2.94 bits per heavy atom. The van der Waals surface area contributed by atoms with Gasteiger partial charge in [-0.25, -0.2) is 4.98 Å². The second-order valence-corrected chi connectivity index (χ2v) is 6.05. The second kappa shape index (κ2) is 5.48. The van der Waals surface area contributed by atoms with Crippen LogP contribution in [0, 0.1) is 0 Å². The predicted molar refractivity (Wildman–Crippen MR) is 71.4 cm³/mol. The van der Waals surface area contributed by atoms with Crippen molar-refractivity contribution in [3.63, 3.8) is 0 Å². The Balaban J connectivity index is 2.35. The van der Waals surface area contributed by atoms with Gasteiger partial charge in [0.25, 0.3) is 0 Å². The Hall–Kier alpha value is -0.430. The smallest absolute Gasteiger partial charge is 0.148 e. The molecule has 4 nitrogen and oxygen atoms in total. The number of aryl methyl sites for hydroxylation is 1. The monoisotopic (exact) mass is 335 g/mol. The molecule has 0 spiro atoms. The summed E-state index contributed by atoms with van der Waals surface area (Å²) in [6.07, 6.45) is 3.38. The number of thiazole rings is 1. The number of halogens is 2. The molecule has 2 heterocycles. The van der Waals surface area contributed by atoms with Gasteiger partial charge in [-0.05, 0) is 22.4 Å². The van der Waals surface area contributed by atoms with Crippen LogP contribution in [0.15, 0.2) is 16.9 Å². The van der Waals surface area contributed by atoms with Gasteiger partial charge in [0.1, 0.15) is 15.4 Å². The molecular weight excluding hydrogens is 326 g/mol. The maximum absolute atomic E-state index is 10.3. The van der Waals surface area contributed by atoms with Crippen molar-refractivity contribution in [1.82, 2.24) is 14.8 Å². The van der Waals surface area contributed by atoms with Crippen LogP contribution in [-0.2, 0) is 6.54 Å².